The topological polar surface area (TPSA) is 123 Å². The Hall–Kier alpha value is -3.66. The maximum atomic E-state index is 12.6. The highest BCUT2D eigenvalue weighted by atomic mass is 16.6. The molecule has 0 bridgehead atoms. The number of ether oxygens (including phenoxy) is 2. The average molecular weight is 416 g/mol. The van der Waals surface area contributed by atoms with E-state index >= 15 is 0 Å². The Morgan fingerprint density at radius 3 is 2.50 bits per heavy atom. The van der Waals surface area contributed by atoms with Gasteiger partial charge in [-0.1, -0.05) is 6.07 Å². The van der Waals surface area contributed by atoms with E-state index in [1.165, 1.54) is 32.4 Å². The van der Waals surface area contributed by atoms with Crippen molar-refractivity contribution in [3.05, 3.63) is 52.6 Å². The molecular weight excluding hydrogens is 392 g/mol. The van der Waals surface area contributed by atoms with Crippen molar-refractivity contribution in [1.82, 2.24) is 4.90 Å². The fourth-order valence-corrected chi connectivity index (χ4v) is 2.61. The molecular formula is C20H24N4O6. The average Bonchev–Trinajstić information content (AvgIpc) is 2.72. The Morgan fingerprint density at radius 2 is 1.87 bits per heavy atom. The second kappa shape index (κ2) is 10.2. The van der Waals surface area contributed by atoms with Crippen LogP contribution < -0.4 is 20.1 Å². The number of non-ortho nitro benzene ring substituents is 1. The summed E-state index contributed by atoms with van der Waals surface area (Å²) in [5.41, 5.74) is 0.578. The number of carbonyl (C=O) groups is 2. The predicted molar refractivity (Wildman–Crippen MR) is 112 cm³/mol. The van der Waals surface area contributed by atoms with Gasteiger partial charge in [0.1, 0.15) is 11.5 Å². The van der Waals surface area contributed by atoms with Gasteiger partial charge in [-0.2, -0.15) is 0 Å². The molecule has 0 heterocycles. The van der Waals surface area contributed by atoms with Gasteiger partial charge in [-0.15, -0.1) is 0 Å². The van der Waals surface area contributed by atoms with Gasteiger partial charge >= 0.3 is 0 Å². The van der Waals surface area contributed by atoms with Gasteiger partial charge < -0.3 is 20.1 Å². The molecule has 0 unspecified atom stereocenters. The second-order valence-electron chi connectivity index (χ2n) is 6.50. The van der Waals surface area contributed by atoms with Crippen LogP contribution in [-0.2, 0) is 9.59 Å². The Morgan fingerprint density at radius 1 is 1.13 bits per heavy atom. The van der Waals surface area contributed by atoms with E-state index in [1.807, 2.05) is 0 Å². The summed E-state index contributed by atoms with van der Waals surface area (Å²) >= 11 is 0. The fourth-order valence-electron chi connectivity index (χ4n) is 2.61. The van der Waals surface area contributed by atoms with E-state index in [0.717, 1.165) is 0 Å². The van der Waals surface area contributed by atoms with Crippen LogP contribution >= 0.6 is 0 Å². The van der Waals surface area contributed by atoms with E-state index in [2.05, 4.69) is 10.6 Å². The van der Waals surface area contributed by atoms with Crippen LogP contribution in [0.4, 0.5) is 17.1 Å². The number of nitro groups is 1. The fraction of sp³-hybridized carbons (Fsp3) is 0.300. The normalized spacial score (nSPS) is 11.5. The molecule has 0 aliphatic heterocycles. The smallest absolute Gasteiger partial charge is 0.271 e. The molecule has 0 aromatic heterocycles. The molecule has 30 heavy (non-hydrogen) atoms. The highest BCUT2D eigenvalue weighted by molar-refractivity contribution is 5.97. The summed E-state index contributed by atoms with van der Waals surface area (Å²) in [4.78, 5) is 36.9. The van der Waals surface area contributed by atoms with Gasteiger partial charge in [-0.05, 0) is 32.2 Å². The molecule has 160 valence electrons. The van der Waals surface area contributed by atoms with Crippen LogP contribution in [0.1, 0.15) is 6.92 Å². The summed E-state index contributed by atoms with van der Waals surface area (Å²) in [7, 11) is 4.56. The lowest BCUT2D eigenvalue weighted by atomic mass is 10.2. The van der Waals surface area contributed by atoms with E-state index in [4.69, 9.17) is 9.47 Å². The van der Waals surface area contributed by atoms with E-state index in [1.54, 1.807) is 43.1 Å². The second-order valence-corrected chi connectivity index (χ2v) is 6.50. The number of rotatable bonds is 9. The van der Waals surface area contributed by atoms with Crippen molar-refractivity contribution < 1.29 is 24.0 Å². The lowest BCUT2D eigenvalue weighted by Gasteiger charge is -2.23. The van der Waals surface area contributed by atoms with Gasteiger partial charge in [0, 0.05) is 23.9 Å². The van der Waals surface area contributed by atoms with Gasteiger partial charge in [-0.25, -0.2) is 0 Å². The van der Waals surface area contributed by atoms with Crippen molar-refractivity contribution in [2.75, 3.05) is 38.4 Å². The van der Waals surface area contributed by atoms with Crippen molar-refractivity contribution in [2.24, 2.45) is 0 Å². The van der Waals surface area contributed by atoms with Crippen LogP contribution in [0.2, 0.25) is 0 Å². The van der Waals surface area contributed by atoms with E-state index in [-0.39, 0.29) is 23.8 Å². The van der Waals surface area contributed by atoms with Crippen molar-refractivity contribution in [3.63, 3.8) is 0 Å². The maximum Gasteiger partial charge on any atom is 0.271 e. The van der Waals surface area contributed by atoms with Crippen LogP contribution in [0.5, 0.6) is 11.5 Å². The largest absolute Gasteiger partial charge is 0.497 e. The molecule has 10 nitrogen and oxygen atoms in total. The molecule has 0 saturated heterocycles. The lowest BCUT2D eigenvalue weighted by molar-refractivity contribution is -0.384. The van der Waals surface area contributed by atoms with Crippen LogP contribution in [0.25, 0.3) is 0 Å². The van der Waals surface area contributed by atoms with E-state index in [0.29, 0.717) is 17.2 Å². The van der Waals surface area contributed by atoms with Gasteiger partial charge in [0.05, 0.1) is 37.4 Å². The quantitative estimate of drug-likeness (QED) is 0.475. The van der Waals surface area contributed by atoms with Crippen molar-refractivity contribution in [2.45, 2.75) is 13.0 Å². The SMILES string of the molecule is COc1cccc(NC(=O)CN(C)[C@H](C)C(=O)Nc2cc([N+](=O)[O-])ccc2OC)c1. The molecule has 0 aliphatic rings. The summed E-state index contributed by atoms with van der Waals surface area (Å²) in [6.45, 7) is 1.58. The van der Waals surface area contributed by atoms with Crippen molar-refractivity contribution in [1.29, 1.82) is 0 Å². The summed E-state index contributed by atoms with van der Waals surface area (Å²) in [5, 5.41) is 16.3. The third-order valence-electron chi connectivity index (χ3n) is 4.44. The van der Waals surface area contributed by atoms with Crippen LogP contribution in [0, 0.1) is 10.1 Å². The van der Waals surface area contributed by atoms with Crippen LogP contribution in [-0.4, -0.2) is 55.5 Å². The molecule has 10 heteroatoms. The number of benzene rings is 2. The number of likely N-dealkylation sites (N-methyl/N-ethyl adjacent to an activating group) is 1. The molecule has 2 rings (SSSR count). The highest BCUT2D eigenvalue weighted by Crippen LogP contribution is 2.29. The van der Waals surface area contributed by atoms with E-state index < -0.39 is 16.9 Å². The molecule has 0 spiro atoms. The molecule has 2 aromatic rings. The molecule has 0 radical (unpaired) electrons. The summed E-state index contributed by atoms with van der Waals surface area (Å²) in [6.07, 6.45) is 0. The summed E-state index contributed by atoms with van der Waals surface area (Å²) in [5.74, 6) is 0.156. The van der Waals surface area contributed by atoms with Gasteiger partial charge in [-0.3, -0.25) is 24.6 Å². The number of nitro benzene ring substituents is 1. The first-order chi connectivity index (χ1) is 14.2. The molecule has 2 N–H and O–H groups in total. The van der Waals surface area contributed by atoms with Gasteiger partial charge in [0.15, 0.2) is 0 Å². The Balaban J connectivity index is 2.00. The third kappa shape index (κ3) is 5.92. The minimum atomic E-state index is -0.690. The van der Waals surface area contributed by atoms with Gasteiger partial charge in [0.2, 0.25) is 11.8 Å². The lowest BCUT2D eigenvalue weighted by Crippen LogP contribution is -2.43. The number of hydrogen-bond acceptors (Lipinski definition) is 7. The molecule has 1 atom stereocenters. The van der Waals surface area contributed by atoms with Gasteiger partial charge in [0.25, 0.3) is 5.69 Å². The Bertz CT molecular complexity index is 933. The highest BCUT2D eigenvalue weighted by Gasteiger charge is 2.22. The number of methoxy groups -OCH3 is 2. The molecule has 2 aromatic carbocycles. The molecule has 2 amide bonds. The Kier molecular flexibility index (Phi) is 7.70. The first kappa shape index (κ1) is 22.6. The number of anilines is 2. The van der Waals surface area contributed by atoms with Crippen molar-refractivity contribution >= 4 is 28.9 Å². The minimum absolute atomic E-state index is 0.0438. The number of nitrogens with zero attached hydrogens (tertiary/aromatic N) is 2. The summed E-state index contributed by atoms with van der Waals surface area (Å²) < 4.78 is 10.3. The predicted octanol–water partition coefficient (Wildman–Crippen LogP) is 2.51. The van der Waals surface area contributed by atoms with Crippen LogP contribution in [0.3, 0.4) is 0 Å². The maximum absolute atomic E-state index is 12.6. The Labute approximate surface area is 173 Å². The number of nitrogens with one attached hydrogen (secondary N) is 2. The number of carbonyl (C=O) groups excluding carboxylic acids is 2. The zero-order valence-electron chi connectivity index (χ0n) is 17.2. The monoisotopic (exact) mass is 416 g/mol. The minimum Gasteiger partial charge on any atom is -0.497 e. The summed E-state index contributed by atoms with van der Waals surface area (Å²) in [6, 6.07) is 10.1. The number of amides is 2. The van der Waals surface area contributed by atoms with Crippen molar-refractivity contribution in [3.8, 4) is 11.5 Å². The third-order valence-corrected chi connectivity index (χ3v) is 4.44. The zero-order chi connectivity index (χ0) is 22.3. The van der Waals surface area contributed by atoms with Crippen LogP contribution in [0.15, 0.2) is 42.5 Å². The first-order valence-corrected chi connectivity index (χ1v) is 9.02. The first-order valence-electron chi connectivity index (χ1n) is 9.02. The zero-order valence-corrected chi connectivity index (χ0v) is 17.2. The molecule has 0 saturated carbocycles. The number of hydrogen-bond donors (Lipinski definition) is 2. The van der Waals surface area contributed by atoms with E-state index in [9.17, 15) is 19.7 Å². The standard InChI is InChI=1S/C20H24N4O6/c1-13(20(26)22-17-11-15(24(27)28)8-9-18(17)30-4)23(2)12-19(25)21-14-6-5-7-16(10-14)29-3/h5-11,13H,12H2,1-4H3,(H,21,25)(H,22,26)/t13-/m1/s1. The molecule has 0 fully saturated rings. The molecule has 0 aliphatic carbocycles.